The number of Topliss-reactive ketones (excluding diaryl/α,β-unsaturated/α-hetero) is 1. The summed E-state index contributed by atoms with van der Waals surface area (Å²) in [6, 6.07) is 0. The van der Waals surface area contributed by atoms with E-state index in [1.807, 2.05) is 0 Å². The van der Waals surface area contributed by atoms with E-state index in [1.54, 1.807) is 0 Å². The minimum absolute atomic E-state index is 0.168. The summed E-state index contributed by atoms with van der Waals surface area (Å²) in [5.41, 5.74) is 0. The molecule has 0 fully saturated rings. The summed E-state index contributed by atoms with van der Waals surface area (Å²) in [7, 11) is 0. The molecule has 0 aliphatic heterocycles. The summed E-state index contributed by atoms with van der Waals surface area (Å²) in [6.07, 6.45) is -0.484. The van der Waals surface area contributed by atoms with Crippen LogP contribution in [0.3, 0.4) is 0 Å². The van der Waals surface area contributed by atoms with Gasteiger partial charge >= 0.3 is 5.97 Å². The minimum Gasteiger partial charge on any atom is -0.481 e. The maximum absolute atomic E-state index is 10.6. The van der Waals surface area contributed by atoms with Gasteiger partial charge in [-0.05, 0) is 0 Å². The molecule has 0 spiro atoms. The number of ether oxygens (including phenoxy) is 1. The van der Waals surface area contributed by atoms with E-state index in [4.69, 9.17) is 21.4 Å². The molecule has 4 nitrogen and oxygen atoms in total. The number of alkyl halides is 1. The van der Waals surface area contributed by atoms with Crippen LogP contribution >= 0.6 is 11.6 Å². The summed E-state index contributed by atoms with van der Waals surface area (Å²) >= 11 is 5.24. The van der Waals surface area contributed by atoms with Gasteiger partial charge in [0.15, 0.2) is 5.78 Å². The number of carboxylic acids is 1. The van der Waals surface area contributed by atoms with E-state index in [0.717, 1.165) is 0 Å². The molecular weight excluding hydrogens is 172 g/mol. The summed E-state index contributed by atoms with van der Waals surface area (Å²) in [4.78, 5) is 20.5. The third kappa shape index (κ3) is 7.29. The number of halogens is 1. The summed E-state index contributed by atoms with van der Waals surface area (Å²) in [6.45, 7) is 0.103. The SMILES string of the molecule is O=C(O)CC(=O)COCCCl. The third-order valence-corrected chi connectivity index (χ3v) is 0.987. The Kier molecular flexibility index (Phi) is 5.78. The molecule has 11 heavy (non-hydrogen) atoms. The second kappa shape index (κ2) is 6.12. The van der Waals surface area contributed by atoms with Gasteiger partial charge in [-0.3, -0.25) is 9.59 Å². The number of carbonyl (C=O) groups is 2. The zero-order valence-electron chi connectivity index (χ0n) is 5.88. The van der Waals surface area contributed by atoms with Crippen molar-refractivity contribution in [3.8, 4) is 0 Å². The largest absolute Gasteiger partial charge is 0.481 e. The van der Waals surface area contributed by atoms with Gasteiger partial charge in [-0.15, -0.1) is 11.6 Å². The number of carbonyl (C=O) groups excluding carboxylic acids is 1. The molecule has 0 saturated carbocycles. The van der Waals surface area contributed by atoms with Gasteiger partial charge in [0.2, 0.25) is 0 Å². The van der Waals surface area contributed by atoms with Crippen LogP contribution in [0.15, 0.2) is 0 Å². The van der Waals surface area contributed by atoms with Crippen molar-refractivity contribution >= 4 is 23.4 Å². The Bertz CT molecular complexity index is 146. The number of hydrogen-bond acceptors (Lipinski definition) is 3. The Morgan fingerprint density at radius 3 is 2.55 bits per heavy atom. The lowest BCUT2D eigenvalue weighted by Gasteiger charge is -1.97. The Hall–Kier alpha value is -0.610. The molecule has 0 aliphatic rings. The van der Waals surface area contributed by atoms with E-state index in [9.17, 15) is 9.59 Å². The van der Waals surface area contributed by atoms with Gasteiger partial charge in [-0.2, -0.15) is 0 Å². The predicted octanol–water partition coefficient (Wildman–Crippen LogP) is 0.286. The molecule has 0 rings (SSSR count). The number of ketones is 1. The van der Waals surface area contributed by atoms with Crippen molar-refractivity contribution in [1.82, 2.24) is 0 Å². The van der Waals surface area contributed by atoms with E-state index in [2.05, 4.69) is 0 Å². The van der Waals surface area contributed by atoms with Gasteiger partial charge in [0.25, 0.3) is 0 Å². The van der Waals surface area contributed by atoms with Crippen molar-refractivity contribution in [3.05, 3.63) is 0 Å². The normalized spacial score (nSPS) is 9.55. The highest BCUT2D eigenvalue weighted by molar-refractivity contribution is 6.17. The molecule has 64 valence electrons. The van der Waals surface area contributed by atoms with Crippen LogP contribution in [0, 0.1) is 0 Å². The minimum atomic E-state index is -1.13. The Labute approximate surface area is 69.1 Å². The van der Waals surface area contributed by atoms with Crippen LogP contribution < -0.4 is 0 Å². The highest BCUT2D eigenvalue weighted by Crippen LogP contribution is 1.86. The molecular formula is C6H9ClO4. The van der Waals surface area contributed by atoms with E-state index in [1.165, 1.54) is 0 Å². The fourth-order valence-electron chi connectivity index (χ4n) is 0.460. The first-order valence-electron chi connectivity index (χ1n) is 3.04. The van der Waals surface area contributed by atoms with Crippen LogP contribution in [0.25, 0.3) is 0 Å². The van der Waals surface area contributed by atoms with E-state index in [0.29, 0.717) is 5.88 Å². The van der Waals surface area contributed by atoms with Crippen LogP contribution in [-0.4, -0.2) is 36.0 Å². The first-order chi connectivity index (χ1) is 5.16. The van der Waals surface area contributed by atoms with Crippen molar-refractivity contribution in [2.45, 2.75) is 6.42 Å². The van der Waals surface area contributed by atoms with E-state index >= 15 is 0 Å². The second-order valence-corrected chi connectivity index (χ2v) is 2.23. The van der Waals surface area contributed by atoms with Crippen LogP contribution in [0.5, 0.6) is 0 Å². The summed E-state index contributed by atoms with van der Waals surface area (Å²) in [5.74, 6) is -1.27. The Morgan fingerprint density at radius 2 is 2.09 bits per heavy atom. The second-order valence-electron chi connectivity index (χ2n) is 1.85. The van der Waals surface area contributed by atoms with Gasteiger partial charge in [-0.25, -0.2) is 0 Å². The number of hydrogen-bond donors (Lipinski definition) is 1. The summed E-state index contributed by atoms with van der Waals surface area (Å²) in [5, 5.41) is 8.14. The Morgan fingerprint density at radius 1 is 1.45 bits per heavy atom. The standard InChI is InChI=1S/C6H9ClO4/c7-1-2-11-4-5(8)3-6(9)10/h1-4H2,(H,9,10). The fraction of sp³-hybridized carbons (Fsp3) is 0.667. The number of rotatable bonds is 6. The van der Waals surface area contributed by atoms with Crippen molar-refractivity contribution < 1.29 is 19.4 Å². The lowest BCUT2D eigenvalue weighted by atomic mass is 10.3. The smallest absolute Gasteiger partial charge is 0.310 e. The van der Waals surface area contributed by atoms with Gasteiger partial charge in [0.05, 0.1) is 6.61 Å². The van der Waals surface area contributed by atoms with Crippen molar-refractivity contribution in [3.63, 3.8) is 0 Å². The van der Waals surface area contributed by atoms with Crippen LogP contribution in [0.2, 0.25) is 0 Å². The summed E-state index contributed by atoms with van der Waals surface area (Å²) < 4.78 is 4.70. The lowest BCUT2D eigenvalue weighted by Crippen LogP contribution is -2.14. The topological polar surface area (TPSA) is 63.6 Å². The van der Waals surface area contributed by atoms with Crippen molar-refractivity contribution in [2.24, 2.45) is 0 Å². The molecule has 0 heterocycles. The predicted molar refractivity (Wildman–Crippen MR) is 38.8 cm³/mol. The van der Waals surface area contributed by atoms with E-state index in [-0.39, 0.29) is 13.2 Å². The van der Waals surface area contributed by atoms with Gasteiger partial charge < -0.3 is 9.84 Å². The maximum Gasteiger partial charge on any atom is 0.310 e. The molecule has 0 bridgehead atoms. The van der Waals surface area contributed by atoms with Gasteiger partial charge in [-0.1, -0.05) is 0 Å². The zero-order valence-corrected chi connectivity index (χ0v) is 6.63. The average Bonchev–Trinajstić information content (AvgIpc) is 1.86. The molecule has 0 aromatic rings. The molecule has 0 amide bonds. The molecule has 0 aromatic heterocycles. The molecule has 0 saturated heterocycles. The van der Waals surface area contributed by atoms with Crippen LogP contribution in [-0.2, 0) is 14.3 Å². The maximum atomic E-state index is 10.6. The third-order valence-electron chi connectivity index (χ3n) is 0.833. The molecule has 0 atom stereocenters. The Balaban J connectivity index is 3.30. The molecule has 5 heteroatoms. The first kappa shape index (κ1) is 10.4. The average molecular weight is 181 g/mol. The highest BCUT2D eigenvalue weighted by Gasteiger charge is 2.06. The zero-order chi connectivity index (χ0) is 8.69. The molecule has 0 aliphatic carbocycles. The van der Waals surface area contributed by atoms with Crippen LogP contribution in [0.1, 0.15) is 6.42 Å². The monoisotopic (exact) mass is 180 g/mol. The first-order valence-corrected chi connectivity index (χ1v) is 3.57. The van der Waals surface area contributed by atoms with Crippen LogP contribution in [0.4, 0.5) is 0 Å². The molecule has 0 unspecified atom stereocenters. The molecule has 0 aromatic carbocycles. The fourth-order valence-corrected chi connectivity index (χ4v) is 0.569. The van der Waals surface area contributed by atoms with E-state index < -0.39 is 18.2 Å². The van der Waals surface area contributed by atoms with Gasteiger partial charge in [0.1, 0.15) is 13.0 Å². The molecule has 0 radical (unpaired) electrons. The highest BCUT2D eigenvalue weighted by atomic mass is 35.5. The quantitative estimate of drug-likeness (QED) is 0.363. The number of aliphatic carboxylic acids is 1. The number of carboxylic acid groups (broad SMARTS) is 1. The van der Waals surface area contributed by atoms with Gasteiger partial charge in [0, 0.05) is 5.88 Å². The lowest BCUT2D eigenvalue weighted by molar-refractivity contribution is -0.141. The van der Waals surface area contributed by atoms with Crippen molar-refractivity contribution in [1.29, 1.82) is 0 Å². The van der Waals surface area contributed by atoms with Crippen molar-refractivity contribution in [2.75, 3.05) is 19.1 Å². The molecule has 1 N–H and O–H groups in total.